The van der Waals surface area contributed by atoms with E-state index in [2.05, 4.69) is 38.4 Å². The number of hydrogen-bond donors (Lipinski definition) is 1. The van der Waals surface area contributed by atoms with Crippen LogP contribution in [0.25, 0.3) is 0 Å². The summed E-state index contributed by atoms with van der Waals surface area (Å²) in [6.07, 6.45) is 0.146. The minimum absolute atomic E-state index is 0.0803. The Morgan fingerprint density at radius 2 is 1.80 bits per heavy atom. The van der Waals surface area contributed by atoms with Crippen molar-refractivity contribution in [2.24, 2.45) is 0 Å². The Morgan fingerprint density at radius 3 is 2.47 bits per heavy atom. The van der Waals surface area contributed by atoms with E-state index in [1.165, 1.54) is 5.56 Å². The number of esters is 1. The number of ether oxygens (including phenoxy) is 2. The van der Waals surface area contributed by atoms with Gasteiger partial charge >= 0.3 is 5.97 Å². The molecule has 3 aromatic rings. The number of hydrogen-bond acceptors (Lipinski definition) is 7. The Balaban J connectivity index is 1.49. The summed E-state index contributed by atoms with van der Waals surface area (Å²) in [6, 6.07) is 14.7. The molecule has 1 atom stereocenters. The molecule has 1 N–H and O–H groups in total. The molecule has 0 spiro atoms. The largest absolute Gasteiger partial charge is 0.479 e. The highest BCUT2D eigenvalue weighted by atomic mass is 79.9. The Kier molecular flexibility index (Phi) is 7.53. The van der Waals surface area contributed by atoms with E-state index in [0.717, 1.165) is 22.2 Å². The molecule has 0 saturated carbocycles. The van der Waals surface area contributed by atoms with Crippen LogP contribution >= 0.6 is 27.3 Å². The van der Waals surface area contributed by atoms with Crippen LogP contribution in [0.15, 0.2) is 53.0 Å². The number of amides is 1. The van der Waals surface area contributed by atoms with Crippen LogP contribution in [-0.4, -0.2) is 28.2 Å². The lowest BCUT2D eigenvalue weighted by atomic mass is 10.1. The highest BCUT2D eigenvalue weighted by Gasteiger charge is 2.19. The number of carbonyl (C=O) groups excluding carboxylic acids is 2. The zero-order valence-electron chi connectivity index (χ0n) is 16.4. The molecule has 1 heterocycles. The van der Waals surface area contributed by atoms with Crippen LogP contribution < -0.4 is 10.1 Å². The minimum atomic E-state index is -0.784. The van der Waals surface area contributed by atoms with Gasteiger partial charge in [-0.3, -0.25) is 4.79 Å². The number of aromatic nitrogens is 2. The summed E-state index contributed by atoms with van der Waals surface area (Å²) in [5.74, 6) is -0.333. The molecule has 30 heavy (non-hydrogen) atoms. The number of aryl methyl sites for hydroxylation is 1. The topological polar surface area (TPSA) is 90.4 Å². The van der Waals surface area contributed by atoms with Crippen LogP contribution in [0.2, 0.25) is 0 Å². The summed E-state index contributed by atoms with van der Waals surface area (Å²) in [4.78, 5) is 24.5. The van der Waals surface area contributed by atoms with Gasteiger partial charge in [0.2, 0.25) is 5.01 Å². The third-order valence-electron chi connectivity index (χ3n) is 4.08. The molecule has 0 aliphatic heterocycles. The van der Waals surface area contributed by atoms with Gasteiger partial charge in [0, 0.05) is 10.2 Å². The predicted octanol–water partition coefficient (Wildman–Crippen LogP) is 4.63. The van der Waals surface area contributed by atoms with Crippen LogP contribution in [-0.2, 0) is 22.6 Å². The summed E-state index contributed by atoms with van der Waals surface area (Å²) in [6.45, 7) is 3.59. The summed E-state index contributed by atoms with van der Waals surface area (Å²) < 4.78 is 11.7. The van der Waals surface area contributed by atoms with Gasteiger partial charge in [0.05, 0.1) is 0 Å². The van der Waals surface area contributed by atoms with Crippen molar-refractivity contribution in [3.63, 3.8) is 0 Å². The number of rotatable bonds is 8. The van der Waals surface area contributed by atoms with Crippen molar-refractivity contribution in [1.82, 2.24) is 10.2 Å². The van der Waals surface area contributed by atoms with E-state index in [4.69, 9.17) is 9.47 Å². The molecule has 0 radical (unpaired) electrons. The standard InChI is InChI=1S/C21H20BrN3O4S/c1-3-14-4-8-16(9-5-14)23-19(26)20-25-24-18(30-20)12-28-21(27)13(2)29-17-10-6-15(22)7-11-17/h4-11,13H,3,12H2,1-2H3,(H,23,26). The number of benzene rings is 2. The van der Waals surface area contributed by atoms with Crippen molar-refractivity contribution in [3.8, 4) is 5.75 Å². The molecule has 3 rings (SSSR count). The number of carbonyl (C=O) groups is 2. The molecular formula is C21H20BrN3O4S. The molecule has 1 amide bonds. The Morgan fingerprint density at radius 1 is 1.10 bits per heavy atom. The van der Waals surface area contributed by atoms with E-state index < -0.39 is 12.1 Å². The lowest BCUT2D eigenvalue weighted by Gasteiger charge is -2.13. The van der Waals surface area contributed by atoms with Crippen LogP contribution in [0.5, 0.6) is 5.75 Å². The van der Waals surface area contributed by atoms with Crippen molar-refractivity contribution in [2.75, 3.05) is 5.32 Å². The van der Waals surface area contributed by atoms with Crippen molar-refractivity contribution < 1.29 is 19.1 Å². The van der Waals surface area contributed by atoms with Gasteiger partial charge < -0.3 is 14.8 Å². The van der Waals surface area contributed by atoms with E-state index in [1.807, 2.05) is 36.4 Å². The van der Waals surface area contributed by atoms with Gasteiger partial charge in [-0.25, -0.2) is 4.79 Å². The van der Waals surface area contributed by atoms with Crippen molar-refractivity contribution in [2.45, 2.75) is 33.0 Å². The zero-order valence-corrected chi connectivity index (χ0v) is 18.8. The second-order valence-corrected chi connectivity index (χ2v) is 8.31. The van der Waals surface area contributed by atoms with Gasteiger partial charge in [-0.15, -0.1) is 10.2 Å². The molecule has 0 bridgehead atoms. The highest BCUT2D eigenvalue weighted by Crippen LogP contribution is 2.18. The Bertz CT molecular complexity index is 1010. The molecule has 156 valence electrons. The maximum Gasteiger partial charge on any atom is 0.347 e. The first-order valence-electron chi connectivity index (χ1n) is 9.26. The van der Waals surface area contributed by atoms with E-state index in [1.54, 1.807) is 19.1 Å². The zero-order chi connectivity index (χ0) is 21.5. The van der Waals surface area contributed by atoms with Crippen molar-refractivity contribution in [1.29, 1.82) is 0 Å². The molecule has 0 aliphatic rings. The maximum absolute atomic E-state index is 12.3. The van der Waals surface area contributed by atoms with E-state index in [-0.39, 0.29) is 17.5 Å². The lowest BCUT2D eigenvalue weighted by molar-refractivity contribution is -0.152. The molecule has 0 fully saturated rings. The first-order chi connectivity index (χ1) is 14.4. The summed E-state index contributed by atoms with van der Waals surface area (Å²) >= 11 is 4.41. The molecular weight excluding hydrogens is 470 g/mol. The molecule has 1 aromatic heterocycles. The number of nitrogens with one attached hydrogen (secondary N) is 1. The molecule has 9 heteroatoms. The van der Waals surface area contributed by atoms with Gasteiger partial charge in [0.25, 0.3) is 5.91 Å². The van der Waals surface area contributed by atoms with Crippen LogP contribution in [0.1, 0.15) is 34.2 Å². The molecule has 2 aromatic carbocycles. The van der Waals surface area contributed by atoms with Crippen molar-refractivity contribution >= 4 is 44.8 Å². The normalized spacial score (nSPS) is 11.6. The fourth-order valence-electron chi connectivity index (χ4n) is 2.43. The summed E-state index contributed by atoms with van der Waals surface area (Å²) in [5, 5.41) is 11.2. The van der Waals surface area contributed by atoms with Crippen molar-refractivity contribution in [3.05, 3.63) is 68.6 Å². The second-order valence-electron chi connectivity index (χ2n) is 6.33. The average molecular weight is 490 g/mol. The molecule has 0 saturated heterocycles. The summed E-state index contributed by atoms with van der Waals surface area (Å²) in [5.41, 5.74) is 1.87. The second kappa shape index (κ2) is 10.3. The van der Waals surface area contributed by atoms with Crippen LogP contribution in [0.3, 0.4) is 0 Å². The monoisotopic (exact) mass is 489 g/mol. The number of anilines is 1. The fraction of sp³-hybridized carbons (Fsp3) is 0.238. The first kappa shape index (κ1) is 21.9. The van der Waals surface area contributed by atoms with Crippen LogP contribution in [0.4, 0.5) is 5.69 Å². The Hall–Kier alpha value is -2.78. The van der Waals surface area contributed by atoms with Gasteiger partial charge in [0.1, 0.15) is 12.4 Å². The van der Waals surface area contributed by atoms with E-state index in [9.17, 15) is 9.59 Å². The molecule has 7 nitrogen and oxygen atoms in total. The lowest BCUT2D eigenvalue weighted by Crippen LogP contribution is -2.26. The predicted molar refractivity (Wildman–Crippen MR) is 118 cm³/mol. The minimum Gasteiger partial charge on any atom is -0.479 e. The Labute approximate surface area is 186 Å². The van der Waals surface area contributed by atoms with Gasteiger partial charge in [0.15, 0.2) is 11.1 Å². The highest BCUT2D eigenvalue weighted by molar-refractivity contribution is 9.10. The first-order valence-corrected chi connectivity index (χ1v) is 10.9. The average Bonchev–Trinajstić information content (AvgIpc) is 3.23. The van der Waals surface area contributed by atoms with Gasteiger partial charge in [-0.1, -0.05) is 46.3 Å². The summed E-state index contributed by atoms with van der Waals surface area (Å²) in [7, 11) is 0. The van der Waals surface area contributed by atoms with E-state index in [0.29, 0.717) is 16.4 Å². The number of nitrogens with zero attached hydrogens (tertiary/aromatic N) is 2. The van der Waals surface area contributed by atoms with Gasteiger partial charge in [-0.05, 0) is 55.3 Å². The SMILES string of the molecule is CCc1ccc(NC(=O)c2nnc(COC(=O)C(C)Oc3ccc(Br)cc3)s2)cc1. The third-order valence-corrected chi connectivity index (χ3v) is 5.50. The maximum atomic E-state index is 12.3. The molecule has 1 unspecified atom stereocenters. The fourth-order valence-corrected chi connectivity index (χ4v) is 3.34. The van der Waals surface area contributed by atoms with E-state index >= 15 is 0 Å². The quantitative estimate of drug-likeness (QED) is 0.464. The smallest absolute Gasteiger partial charge is 0.347 e. The molecule has 0 aliphatic carbocycles. The van der Waals surface area contributed by atoms with Gasteiger partial charge in [-0.2, -0.15) is 0 Å². The third kappa shape index (κ3) is 6.11. The number of halogens is 1. The van der Waals surface area contributed by atoms with Crippen LogP contribution in [0, 0.1) is 0 Å².